The van der Waals surface area contributed by atoms with E-state index in [9.17, 15) is 9.90 Å². The van der Waals surface area contributed by atoms with Crippen LogP contribution in [0, 0.1) is 5.92 Å². The summed E-state index contributed by atoms with van der Waals surface area (Å²) in [5.41, 5.74) is 1.13. The lowest BCUT2D eigenvalue weighted by Crippen LogP contribution is -2.37. The molecule has 0 spiro atoms. The minimum Gasteiger partial charge on any atom is -0.508 e. The standard InChI is InChI=1S/C16H24N2O3/c19-12-16(21)17-7-6-13-4-2-8-18(10-13)11-14-3-1-5-15(20)9-14/h1,3,5,9,13,19-20H,2,4,6-8,10-12H2,(H,17,21)/t13-/m1/s1. The fourth-order valence-corrected chi connectivity index (χ4v) is 2.92. The highest BCUT2D eigenvalue weighted by Gasteiger charge is 2.19. The summed E-state index contributed by atoms with van der Waals surface area (Å²) in [7, 11) is 0. The number of benzene rings is 1. The number of amides is 1. The van der Waals surface area contributed by atoms with Crippen LogP contribution in [0.2, 0.25) is 0 Å². The van der Waals surface area contributed by atoms with Gasteiger partial charge in [-0.1, -0.05) is 12.1 Å². The molecule has 5 heteroatoms. The van der Waals surface area contributed by atoms with E-state index >= 15 is 0 Å². The normalized spacial score (nSPS) is 19.4. The van der Waals surface area contributed by atoms with Crippen molar-refractivity contribution in [1.29, 1.82) is 0 Å². The van der Waals surface area contributed by atoms with Crippen LogP contribution >= 0.6 is 0 Å². The highest BCUT2D eigenvalue weighted by atomic mass is 16.3. The Bertz CT molecular complexity index is 465. The maximum absolute atomic E-state index is 11.0. The molecule has 2 rings (SSSR count). The van der Waals surface area contributed by atoms with Crippen molar-refractivity contribution in [3.63, 3.8) is 0 Å². The van der Waals surface area contributed by atoms with Gasteiger partial charge in [0.15, 0.2) is 0 Å². The molecule has 0 bridgehead atoms. The molecular weight excluding hydrogens is 268 g/mol. The summed E-state index contributed by atoms with van der Waals surface area (Å²) in [6, 6.07) is 7.40. The Hall–Kier alpha value is -1.59. The third-order valence-electron chi connectivity index (χ3n) is 3.94. The number of piperidine rings is 1. The third kappa shape index (κ3) is 5.36. The van der Waals surface area contributed by atoms with Crippen LogP contribution < -0.4 is 5.32 Å². The van der Waals surface area contributed by atoms with Crippen LogP contribution in [-0.4, -0.2) is 47.3 Å². The van der Waals surface area contributed by atoms with E-state index in [0.717, 1.165) is 38.0 Å². The number of nitrogens with zero attached hydrogens (tertiary/aromatic N) is 1. The van der Waals surface area contributed by atoms with Crippen molar-refractivity contribution >= 4 is 5.91 Å². The van der Waals surface area contributed by atoms with E-state index < -0.39 is 6.61 Å². The van der Waals surface area contributed by atoms with Crippen molar-refractivity contribution in [2.24, 2.45) is 5.92 Å². The molecule has 5 nitrogen and oxygen atoms in total. The van der Waals surface area contributed by atoms with E-state index in [0.29, 0.717) is 18.2 Å². The number of carbonyl (C=O) groups excluding carboxylic acids is 1. The molecule has 1 aliphatic rings. The second kappa shape index (κ2) is 8.00. The summed E-state index contributed by atoms with van der Waals surface area (Å²) < 4.78 is 0. The van der Waals surface area contributed by atoms with Crippen molar-refractivity contribution in [3.05, 3.63) is 29.8 Å². The molecule has 1 aromatic rings. The lowest BCUT2D eigenvalue weighted by Gasteiger charge is -2.32. The van der Waals surface area contributed by atoms with Crippen molar-refractivity contribution in [1.82, 2.24) is 10.2 Å². The largest absolute Gasteiger partial charge is 0.508 e. The molecule has 1 aliphatic heterocycles. The maximum atomic E-state index is 11.0. The lowest BCUT2D eigenvalue weighted by molar-refractivity contribution is -0.123. The second-order valence-corrected chi connectivity index (χ2v) is 5.71. The van der Waals surface area contributed by atoms with E-state index in [1.807, 2.05) is 18.2 Å². The zero-order chi connectivity index (χ0) is 15.1. The zero-order valence-electron chi connectivity index (χ0n) is 12.3. The number of carbonyl (C=O) groups is 1. The summed E-state index contributed by atoms with van der Waals surface area (Å²) >= 11 is 0. The van der Waals surface area contributed by atoms with Crippen molar-refractivity contribution in [3.8, 4) is 5.75 Å². The number of hydrogen-bond donors (Lipinski definition) is 3. The highest BCUT2D eigenvalue weighted by molar-refractivity contribution is 5.76. The number of rotatable bonds is 6. The molecule has 21 heavy (non-hydrogen) atoms. The van der Waals surface area contributed by atoms with Crippen LogP contribution in [0.5, 0.6) is 5.75 Å². The smallest absolute Gasteiger partial charge is 0.245 e. The third-order valence-corrected chi connectivity index (χ3v) is 3.94. The van der Waals surface area contributed by atoms with E-state index in [1.54, 1.807) is 6.07 Å². The topological polar surface area (TPSA) is 72.8 Å². The molecule has 1 atom stereocenters. The van der Waals surface area contributed by atoms with Crippen molar-refractivity contribution in [2.45, 2.75) is 25.8 Å². The van der Waals surface area contributed by atoms with Gasteiger partial charge in [-0.25, -0.2) is 0 Å². The van der Waals surface area contributed by atoms with Crippen LogP contribution in [-0.2, 0) is 11.3 Å². The second-order valence-electron chi connectivity index (χ2n) is 5.71. The van der Waals surface area contributed by atoms with Gasteiger partial charge in [0.25, 0.3) is 0 Å². The van der Waals surface area contributed by atoms with Gasteiger partial charge in [-0.15, -0.1) is 0 Å². The van der Waals surface area contributed by atoms with Gasteiger partial charge >= 0.3 is 0 Å². The Morgan fingerprint density at radius 3 is 3.05 bits per heavy atom. The molecular formula is C16H24N2O3. The molecule has 1 aromatic carbocycles. The summed E-state index contributed by atoms with van der Waals surface area (Å²) in [6.07, 6.45) is 3.30. The van der Waals surface area contributed by atoms with Gasteiger partial charge < -0.3 is 15.5 Å². The van der Waals surface area contributed by atoms with Crippen LogP contribution in [0.1, 0.15) is 24.8 Å². The molecule has 0 aliphatic carbocycles. The summed E-state index contributed by atoms with van der Waals surface area (Å²) in [5.74, 6) is 0.588. The predicted molar refractivity (Wildman–Crippen MR) is 80.8 cm³/mol. The number of aliphatic hydroxyl groups excluding tert-OH is 1. The number of phenols is 1. The minimum atomic E-state index is -0.436. The van der Waals surface area contributed by atoms with Crippen molar-refractivity contribution in [2.75, 3.05) is 26.2 Å². The first-order valence-electron chi connectivity index (χ1n) is 7.55. The van der Waals surface area contributed by atoms with Gasteiger partial charge in [0, 0.05) is 19.6 Å². The Labute approximate surface area is 125 Å². The fraction of sp³-hybridized carbons (Fsp3) is 0.562. The Morgan fingerprint density at radius 2 is 2.29 bits per heavy atom. The van der Waals surface area contributed by atoms with Gasteiger partial charge in [0.1, 0.15) is 12.4 Å². The van der Waals surface area contributed by atoms with Gasteiger partial charge in [-0.3, -0.25) is 9.69 Å². The Balaban J connectivity index is 1.76. The Morgan fingerprint density at radius 1 is 1.43 bits per heavy atom. The first kappa shape index (κ1) is 15.8. The molecule has 1 amide bonds. The number of phenolic OH excluding ortho intramolecular Hbond substituents is 1. The van der Waals surface area contributed by atoms with Crippen LogP contribution in [0.25, 0.3) is 0 Å². The molecule has 1 heterocycles. The van der Waals surface area contributed by atoms with Crippen LogP contribution in [0.15, 0.2) is 24.3 Å². The van der Waals surface area contributed by atoms with Gasteiger partial charge in [-0.05, 0) is 49.4 Å². The van der Waals surface area contributed by atoms with Crippen LogP contribution in [0.3, 0.4) is 0 Å². The fourth-order valence-electron chi connectivity index (χ4n) is 2.92. The van der Waals surface area contributed by atoms with E-state index in [1.165, 1.54) is 6.42 Å². The molecule has 1 fully saturated rings. The molecule has 0 unspecified atom stereocenters. The van der Waals surface area contributed by atoms with Crippen LogP contribution in [0.4, 0.5) is 0 Å². The first-order chi connectivity index (χ1) is 10.2. The first-order valence-corrected chi connectivity index (χ1v) is 7.55. The number of aromatic hydroxyl groups is 1. The maximum Gasteiger partial charge on any atom is 0.245 e. The molecule has 116 valence electrons. The van der Waals surface area contributed by atoms with Crippen molar-refractivity contribution < 1.29 is 15.0 Å². The molecule has 3 N–H and O–H groups in total. The van der Waals surface area contributed by atoms with E-state index in [2.05, 4.69) is 10.2 Å². The van der Waals surface area contributed by atoms with Gasteiger partial charge in [0.05, 0.1) is 0 Å². The number of nitrogens with one attached hydrogen (secondary N) is 1. The van der Waals surface area contributed by atoms with E-state index in [4.69, 9.17) is 5.11 Å². The molecule has 1 saturated heterocycles. The van der Waals surface area contributed by atoms with Gasteiger partial charge in [-0.2, -0.15) is 0 Å². The summed E-state index contributed by atoms with van der Waals surface area (Å²) in [5, 5.41) is 20.9. The molecule has 0 aromatic heterocycles. The average molecular weight is 292 g/mol. The lowest BCUT2D eigenvalue weighted by atomic mass is 9.94. The highest BCUT2D eigenvalue weighted by Crippen LogP contribution is 2.21. The monoisotopic (exact) mass is 292 g/mol. The molecule has 0 radical (unpaired) electrons. The zero-order valence-corrected chi connectivity index (χ0v) is 12.3. The average Bonchev–Trinajstić information content (AvgIpc) is 2.47. The van der Waals surface area contributed by atoms with E-state index in [-0.39, 0.29) is 5.91 Å². The Kier molecular flexibility index (Phi) is 6.02. The molecule has 0 saturated carbocycles. The summed E-state index contributed by atoms with van der Waals surface area (Å²) in [6.45, 7) is 3.14. The van der Waals surface area contributed by atoms with Gasteiger partial charge in [0.2, 0.25) is 5.91 Å². The predicted octanol–water partition coefficient (Wildman–Crippen LogP) is 1.10. The SMILES string of the molecule is O=C(CO)NCC[C@H]1CCCN(Cc2cccc(O)c2)C1. The number of hydrogen-bond acceptors (Lipinski definition) is 4. The summed E-state index contributed by atoms with van der Waals surface area (Å²) in [4.78, 5) is 13.4. The number of likely N-dealkylation sites (tertiary alicyclic amines) is 1. The minimum absolute atomic E-state index is 0.303. The quantitative estimate of drug-likeness (QED) is 0.734. The number of aliphatic hydroxyl groups is 1.